The first-order chi connectivity index (χ1) is 8.72. The topological polar surface area (TPSA) is 29.1 Å². The molecule has 1 N–H and O–H groups in total. The van der Waals surface area contributed by atoms with Crippen molar-refractivity contribution in [3.63, 3.8) is 0 Å². The van der Waals surface area contributed by atoms with Gasteiger partial charge in [0.15, 0.2) is 0 Å². The van der Waals surface area contributed by atoms with Gasteiger partial charge in [0.1, 0.15) is 0 Å². The quantitative estimate of drug-likeness (QED) is 0.813. The third kappa shape index (κ3) is 3.11. The summed E-state index contributed by atoms with van der Waals surface area (Å²) >= 11 is 3.88. The van der Waals surface area contributed by atoms with Crippen molar-refractivity contribution in [1.82, 2.24) is 5.32 Å². The van der Waals surface area contributed by atoms with E-state index in [4.69, 9.17) is 0 Å². The summed E-state index contributed by atoms with van der Waals surface area (Å²) < 4.78 is 0.981. The summed E-state index contributed by atoms with van der Waals surface area (Å²) in [5.41, 5.74) is 2.07. The molecule has 1 heterocycles. The van der Waals surface area contributed by atoms with Crippen LogP contribution in [-0.2, 0) is 13.0 Å². The fraction of sp³-hybridized carbons (Fsp3) is 0.214. The molecule has 0 aliphatic carbocycles. The van der Waals surface area contributed by atoms with Gasteiger partial charge in [-0.25, -0.2) is 0 Å². The van der Waals surface area contributed by atoms with Gasteiger partial charge in [-0.2, -0.15) is 0 Å². The van der Waals surface area contributed by atoms with Crippen molar-refractivity contribution in [2.45, 2.75) is 19.9 Å². The van der Waals surface area contributed by atoms with Crippen molar-refractivity contribution < 1.29 is 4.79 Å². The lowest BCUT2D eigenvalue weighted by atomic mass is 10.2. The molecule has 18 heavy (non-hydrogen) atoms. The Balaban J connectivity index is 2.03. The van der Waals surface area contributed by atoms with E-state index in [1.54, 1.807) is 11.3 Å². The summed E-state index contributed by atoms with van der Waals surface area (Å²) in [5, 5.41) is 5.06. The summed E-state index contributed by atoms with van der Waals surface area (Å²) in [5.74, 6) is -0.00421. The number of carbonyl (C=O) groups excluding carboxylic acids is 1. The number of amides is 1. The molecule has 0 saturated heterocycles. The smallest absolute Gasteiger partial charge is 0.252 e. The Bertz CT molecular complexity index is 550. The van der Waals surface area contributed by atoms with Gasteiger partial charge in [0.25, 0.3) is 5.91 Å². The Hall–Kier alpha value is -0.880. The van der Waals surface area contributed by atoms with Crippen LogP contribution in [0, 0.1) is 3.57 Å². The van der Waals surface area contributed by atoms with Crippen LogP contribution in [0.3, 0.4) is 0 Å². The molecule has 94 valence electrons. The zero-order valence-corrected chi connectivity index (χ0v) is 13.0. The third-order valence-electron chi connectivity index (χ3n) is 2.75. The molecule has 0 radical (unpaired) electrons. The number of thiophene rings is 1. The van der Waals surface area contributed by atoms with Crippen molar-refractivity contribution in [3.05, 3.63) is 55.3 Å². The van der Waals surface area contributed by atoms with Gasteiger partial charge in [0, 0.05) is 8.45 Å². The highest BCUT2D eigenvalue weighted by Crippen LogP contribution is 2.17. The van der Waals surface area contributed by atoms with Crippen LogP contribution in [0.25, 0.3) is 0 Å². The zero-order chi connectivity index (χ0) is 13.0. The van der Waals surface area contributed by atoms with Crippen LogP contribution in [0.15, 0.2) is 35.7 Å². The maximum Gasteiger partial charge on any atom is 0.252 e. The molecule has 0 saturated carbocycles. The predicted octanol–water partition coefficient (Wildman–Crippen LogP) is 3.85. The minimum Gasteiger partial charge on any atom is -0.347 e. The molecule has 4 heteroatoms. The molecule has 0 aliphatic heterocycles. The molecule has 0 fully saturated rings. The van der Waals surface area contributed by atoms with Crippen molar-refractivity contribution >= 4 is 39.8 Å². The van der Waals surface area contributed by atoms with Crippen molar-refractivity contribution in [3.8, 4) is 0 Å². The van der Waals surface area contributed by atoms with Gasteiger partial charge in [-0.05, 0) is 58.2 Å². The highest BCUT2D eigenvalue weighted by molar-refractivity contribution is 14.1. The molecule has 1 amide bonds. The van der Waals surface area contributed by atoms with Gasteiger partial charge in [-0.15, -0.1) is 11.3 Å². The normalized spacial score (nSPS) is 10.3. The Morgan fingerprint density at radius 3 is 2.83 bits per heavy atom. The Morgan fingerprint density at radius 2 is 2.11 bits per heavy atom. The number of hydrogen-bond donors (Lipinski definition) is 1. The molecule has 0 aliphatic rings. The molecule has 2 rings (SSSR count). The lowest BCUT2D eigenvalue weighted by Crippen LogP contribution is -2.23. The molecule has 0 bridgehead atoms. The summed E-state index contributed by atoms with van der Waals surface area (Å²) in [6, 6.07) is 9.75. The predicted molar refractivity (Wildman–Crippen MR) is 84.0 cm³/mol. The number of aryl methyl sites for hydroxylation is 1. The highest BCUT2D eigenvalue weighted by Gasteiger charge is 2.10. The van der Waals surface area contributed by atoms with E-state index in [1.165, 1.54) is 10.4 Å². The SMILES string of the molecule is CCc1ccsc1CNC(=O)c1ccccc1I. The molecule has 0 spiro atoms. The highest BCUT2D eigenvalue weighted by atomic mass is 127. The summed E-state index contributed by atoms with van der Waals surface area (Å²) in [7, 11) is 0. The van der Waals surface area contributed by atoms with E-state index < -0.39 is 0 Å². The van der Waals surface area contributed by atoms with Gasteiger partial charge in [-0.1, -0.05) is 19.1 Å². The standard InChI is InChI=1S/C14H14INOS/c1-2-10-7-8-18-13(10)9-16-14(17)11-5-3-4-6-12(11)15/h3-8H,2,9H2,1H3,(H,16,17). The van der Waals surface area contributed by atoms with E-state index in [9.17, 15) is 4.79 Å². The van der Waals surface area contributed by atoms with E-state index in [-0.39, 0.29) is 5.91 Å². The van der Waals surface area contributed by atoms with Crippen molar-refractivity contribution in [2.75, 3.05) is 0 Å². The summed E-state index contributed by atoms with van der Waals surface area (Å²) in [6.07, 6.45) is 1.01. The fourth-order valence-electron chi connectivity index (χ4n) is 1.74. The third-order valence-corrected chi connectivity index (χ3v) is 4.65. The van der Waals surface area contributed by atoms with Gasteiger partial charge < -0.3 is 5.32 Å². The van der Waals surface area contributed by atoms with Crippen LogP contribution >= 0.6 is 33.9 Å². The number of benzene rings is 1. The first kappa shape index (κ1) is 13.5. The molecular formula is C14H14INOS. The number of halogens is 1. The Labute approximate surface area is 125 Å². The van der Waals surface area contributed by atoms with Gasteiger partial charge in [-0.3, -0.25) is 4.79 Å². The van der Waals surface area contributed by atoms with E-state index >= 15 is 0 Å². The molecule has 2 nitrogen and oxygen atoms in total. The molecule has 1 aromatic carbocycles. The summed E-state index contributed by atoms with van der Waals surface area (Å²) in [6.45, 7) is 2.75. The van der Waals surface area contributed by atoms with E-state index in [1.807, 2.05) is 24.3 Å². The van der Waals surface area contributed by atoms with Crippen LogP contribution in [0.5, 0.6) is 0 Å². The Morgan fingerprint density at radius 1 is 1.33 bits per heavy atom. The number of hydrogen-bond acceptors (Lipinski definition) is 2. The number of nitrogens with one attached hydrogen (secondary N) is 1. The van der Waals surface area contributed by atoms with Crippen LogP contribution in [-0.4, -0.2) is 5.91 Å². The van der Waals surface area contributed by atoms with Crippen LogP contribution in [0.1, 0.15) is 27.7 Å². The van der Waals surface area contributed by atoms with Crippen LogP contribution < -0.4 is 5.32 Å². The molecular weight excluding hydrogens is 357 g/mol. The van der Waals surface area contributed by atoms with E-state index in [0.717, 1.165) is 15.6 Å². The maximum atomic E-state index is 12.0. The minimum absolute atomic E-state index is 0.00421. The van der Waals surface area contributed by atoms with Crippen LogP contribution in [0.2, 0.25) is 0 Å². The second-order valence-electron chi connectivity index (χ2n) is 3.89. The van der Waals surface area contributed by atoms with Crippen molar-refractivity contribution in [2.24, 2.45) is 0 Å². The fourth-order valence-corrected chi connectivity index (χ4v) is 3.29. The summed E-state index contributed by atoms with van der Waals surface area (Å²) in [4.78, 5) is 13.3. The maximum absolute atomic E-state index is 12.0. The second-order valence-corrected chi connectivity index (χ2v) is 6.05. The molecule has 2 aromatic rings. The van der Waals surface area contributed by atoms with Gasteiger partial charge in [0.05, 0.1) is 12.1 Å². The second kappa shape index (κ2) is 6.33. The lowest BCUT2D eigenvalue weighted by molar-refractivity contribution is 0.0950. The Kier molecular flexibility index (Phi) is 4.77. The van der Waals surface area contributed by atoms with E-state index in [0.29, 0.717) is 6.54 Å². The lowest BCUT2D eigenvalue weighted by Gasteiger charge is -2.07. The molecule has 0 atom stereocenters. The average molecular weight is 371 g/mol. The first-order valence-corrected chi connectivity index (χ1v) is 7.76. The molecule has 1 aromatic heterocycles. The average Bonchev–Trinajstić information content (AvgIpc) is 2.84. The van der Waals surface area contributed by atoms with E-state index in [2.05, 4.69) is 46.3 Å². The number of rotatable bonds is 4. The zero-order valence-electron chi connectivity index (χ0n) is 10.1. The van der Waals surface area contributed by atoms with Gasteiger partial charge >= 0.3 is 0 Å². The minimum atomic E-state index is -0.00421. The van der Waals surface area contributed by atoms with Crippen molar-refractivity contribution in [1.29, 1.82) is 0 Å². The monoisotopic (exact) mass is 371 g/mol. The van der Waals surface area contributed by atoms with Gasteiger partial charge in [0.2, 0.25) is 0 Å². The van der Waals surface area contributed by atoms with Crippen LogP contribution in [0.4, 0.5) is 0 Å². The first-order valence-electron chi connectivity index (χ1n) is 5.80. The number of carbonyl (C=O) groups is 1. The molecule has 0 unspecified atom stereocenters. The largest absolute Gasteiger partial charge is 0.347 e.